The van der Waals surface area contributed by atoms with Crippen molar-refractivity contribution in [3.63, 3.8) is 0 Å². The summed E-state index contributed by atoms with van der Waals surface area (Å²) in [6, 6.07) is 0. The van der Waals surface area contributed by atoms with E-state index in [1.807, 2.05) is 0 Å². The molecule has 0 aromatic rings. The number of hydrogen-bond donors (Lipinski definition) is 2. The zero-order valence-corrected chi connectivity index (χ0v) is 41.9. The van der Waals surface area contributed by atoms with Gasteiger partial charge in [0.2, 0.25) is 0 Å². The van der Waals surface area contributed by atoms with Gasteiger partial charge < -0.3 is 20.1 Å². The molecule has 0 fully saturated rings. The molecule has 0 aromatic heterocycles. The van der Waals surface area contributed by atoms with Crippen LogP contribution in [-0.4, -0.2) is 49.3 Å². The maximum absolute atomic E-state index is 12.6. The van der Waals surface area contributed by atoms with Crippen molar-refractivity contribution in [1.29, 1.82) is 0 Å². The average Bonchev–Trinajstić information content (AvgIpc) is 3.28. The van der Waals surface area contributed by atoms with Crippen molar-refractivity contribution >= 4 is 19.8 Å². The predicted octanol–water partition coefficient (Wildman–Crippen LogP) is 15.8. The highest BCUT2D eigenvalue weighted by Gasteiger charge is 2.26. The molecule has 0 amide bonds. The molecule has 0 saturated carbocycles. The maximum atomic E-state index is 12.6. The van der Waals surface area contributed by atoms with Gasteiger partial charge in [-0.2, -0.15) is 0 Å². The monoisotopic (exact) mass is 918 g/mol. The topological polar surface area (TPSA) is 134 Å². The van der Waals surface area contributed by atoms with Crippen molar-refractivity contribution in [2.75, 3.05) is 26.4 Å². The van der Waals surface area contributed by atoms with Gasteiger partial charge in [-0.15, -0.1) is 0 Å². The van der Waals surface area contributed by atoms with E-state index in [0.29, 0.717) is 6.42 Å². The molecule has 370 valence electrons. The van der Waals surface area contributed by atoms with E-state index < -0.39 is 32.5 Å². The van der Waals surface area contributed by atoms with Crippen LogP contribution in [0.2, 0.25) is 0 Å². The van der Waals surface area contributed by atoms with E-state index in [4.69, 9.17) is 24.3 Å². The Morgan fingerprint density at radius 1 is 0.484 bits per heavy atom. The van der Waals surface area contributed by atoms with Gasteiger partial charge in [-0.1, -0.05) is 209 Å². The SMILES string of the molecule is CC/C=C\C/C=C\C/C=C\C/C=C\C/C=C\CCCCCCCCCCCCCCCCCCCC(=O)OC(COC(=O)CCCCCCC/C=C\CCC)COP(=O)(O)OCCN. The quantitative estimate of drug-likeness (QED) is 0.0265. The van der Waals surface area contributed by atoms with Crippen molar-refractivity contribution in [3.05, 3.63) is 72.9 Å². The van der Waals surface area contributed by atoms with Gasteiger partial charge in [-0.3, -0.25) is 18.6 Å². The highest BCUT2D eigenvalue weighted by molar-refractivity contribution is 7.47. The third-order valence-corrected chi connectivity index (χ3v) is 11.8. The highest BCUT2D eigenvalue weighted by Crippen LogP contribution is 2.43. The smallest absolute Gasteiger partial charge is 0.462 e. The molecule has 3 N–H and O–H groups in total. The number of rotatable bonds is 48. The number of esters is 2. The van der Waals surface area contributed by atoms with E-state index in [1.165, 1.54) is 96.3 Å². The van der Waals surface area contributed by atoms with Crippen molar-refractivity contribution < 1.29 is 37.6 Å². The third-order valence-electron chi connectivity index (χ3n) is 10.8. The summed E-state index contributed by atoms with van der Waals surface area (Å²) < 4.78 is 32.8. The van der Waals surface area contributed by atoms with Gasteiger partial charge in [0.1, 0.15) is 6.61 Å². The maximum Gasteiger partial charge on any atom is 0.472 e. The molecule has 0 aliphatic rings. The van der Waals surface area contributed by atoms with Gasteiger partial charge in [0.05, 0.1) is 13.2 Å². The Hall–Kier alpha value is -2.55. The number of carbonyl (C=O) groups is 2. The molecule has 0 aliphatic carbocycles. The van der Waals surface area contributed by atoms with Gasteiger partial charge in [-0.05, 0) is 77.0 Å². The molecule has 0 rings (SSSR count). The summed E-state index contributed by atoms with van der Waals surface area (Å²) in [5.74, 6) is -0.839. The Bertz CT molecular complexity index is 1280. The second kappa shape index (κ2) is 49.9. The van der Waals surface area contributed by atoms with Crippen LogP contribution < -0.4 is 5.73 Å². The Morgan fingerprint density at radius 3 is 1.30 bits per heavy atom. The average molecular weight is 918 g/mol. The standard InChI is InChI=1S/C54H96NO8P/c1-3-5-7-9-11-13-15-16-17-18-19-20-21-22-23-24-25-26-27-28-29-30-31-32-33-34-35-36-37-39-41-43-45-47-54(57)63-52(51-62-64(58,59)61-49-48-55)50-60-53(56)46-44-42-40-38-14-12-10-8-6-4-2/h5,7-8,10-11,13,16-17,19-20,22-23,52H,3-4,6,9,12,14-15,18,21,24-51,55H2,1-2H3,(H,58,59)/b7-5-,10-8-,13-11-,17-16-,20-19-,23-22-. The lowest BCUT2D eigenvalue weighted by molar-refractivity contribution is -0.161. The Labute approximate surface area is 392 Å². The number of hydrogen-bond acceptors (Lipinski definition) is 8. The lowest BCUT2D eigenvalue weighted by atomic mass is 10.0. The van der Waals surface area contributed by atoms with E-state index in [9.17, 15) is 19.0 Å². The minimum atomic E-state index is -4.38. The molecule has 64 heavy (non-hydrogen) atoms. The van der Waals surface area contributed by atoms with Crippen LogP contribution in [0.15, 0.2) is 72.9 Å². The van der Waals surface area contributed by atoms with E-state index in [1.54, 1.807) is 0 Å². The van der Waals surface area contributed by atoms with Crippen LogP contribution in [0.5, 0.6) is 0 Å². The first-order valence-electron chi connectivity index (χ1n) is 25.9. The van der Waals surface area contributed by atoms with Gasteiger partial charge >= 0.3 is 19.8 Å². The summed E-state index contributed by atoms with van der Waals surface area (Å²) in [6.45, 7) is 3.55. The molecule has 0 spiro atoms. The molecule has 0 aliphatic heterocycles. The number of unbranched alkanes of at least 4 members (excludes halogenated alkanes) is 23. The molecule has 0 saturated heterocycles. The van der Waals surface area contributed by atoms with Crippen molar-refractivity contribution in [2.24, 2.45) is 5.73 Å². The van der Waals surface area contributed by atoms with E-state index in [2.05, 4.69) is 86.8 Å². The second-order valence-corrected chi connectivity index (χ2v) is 18.5. The lowest BCUT2D eigenvalue weighted by Gasteiger charge is -2.19. The number of phosphoric acid groups is 1. The van der Waals surface area contributed by atoms with Gasteiger partial charge in [0, 0.05) is 19.4 Å². The van der Waals surface area contributed by atoms with Crippen molar-refractivity contribution in [1.82, 2.24) is 0 Å². The first-order chi connectivity index (χ1) is 31.3. The van der Waals surface area contributed by atoms with Gasteiger partial charge in [0.25, 0.3) is 0 Å². The Balaban J connectivity index is 3.86. The Kier molecular flexibility index (Phi) is 47.9. The van der Waals surface area contributed by atoms with Crippen LogP contribution in [0.25, 0.3) is 0 Å². The van der Waals surface area contributed by atoms with E-state index in [-0.39, 0.29) is 32.6 Å². The molecule has 10 heteroatoms. The number of carbonyl (C=O) groups excluding carboxylic acids is 2. The number of allylic oxidation sites excluding steroid dienone is 12. The summed E-state index contributed by atoms with van der Waals surface area (Å²) in [7, 11) is -4.38. The largest absolute Gasteiger partial charge is 0.472 e. The van der Waals surface area contributed by atoms with Crippen LogP contribution in [0, 0.1) is 0 Å². The van der Waals surface area contributed by atoms with Crippen molar-refractivity contribution in [3.8, 4) is 0 Å². The van der Waals surface area contributed by atoms with Gasteiger partial charge in [-0.25, -0.2) is 4.57 Å². The highest BCUT2D eigenvalue weighted by atomic mass is 31.2. The lowest BCUT2D eigenvalue weighted by Crippen LogP contribution is -2.29. The van der Waals surface area contributed by atoms with Gasteiger partial charge in [0.15, 0.2) is 6.10 Å². The molecule has 2 atom stereocenters. The normalized spacial score (nSPS) is 13.8. The fourth-order valence-electron chi connectivity index (χ4n) is 7.02. The molecule has 2 unspecified atom stereocenters. The zero-order valence-electron chi connectivity index (χ0n) is 41.0. The molecule has 0 heterocycles. The molecule has 0 bridgehead atoms. The molecule has 9 nitrogen and oxygen atoms in total. The minimum absolute atomic E-state index is 0.0511. The van der Waals surface area contributed by atoms with Crippen LogP contribution in [0.4, 0.5) is 0 Å². The van der Waals surface area contributed by atoms with Crippen LogP contribution in [0.1, 0.15) is 226 Å². The summed E-state index contributed by atoms with van der Waals surface area (Å²) >= 11 is 0. The van der Waals surface area contributed by atoms with Crippen LogP contribution in [0.3, 0.4) is 0 Å². The van der Waals surface area contributed by atoms with Crippen molar-refractivity contribution in [2.45, 2.75) is 232 Å². The molecular formula is C54H96NO8P. The van der Waals surface area contributed by atoms with Crippen LogP contribution >= 0.6 is 7.82 Å². The summed E-state index contributed by atoms with van der Waals surface area (Å²) in [4.78, 5) is 34.9. The number of ether oxygens (including phenoxy) is 2. The first kappa shape index (κ1) is 61.5. The van der Waals surface area contributed by atoms with E-state index in [0.717, 1.165) is 96.3 Å². The molecule has 0 radical (unpaired) electrons. The second-order valence-electron chi connectivity index (χ2n) is 17.0. The fourth-order valence-corrected chi connectivity index (χ4v) is 7.78. The predicted molar refractivity (Wildman–Crippen MR) is 270 cm³/mol. The number of phosphoric ester groups is 1. The van der Waals surface area contributed by atoms with E-state index >= 15 is 0 Å². The minimum Gasteiger partial charge on any atom is -0.462 e. The zero-order chi connectivity index (χ0) is 46.7. The third kappa shape index (κ3) is 48.9. The summed E-state index contributed by atoms with van der Waals surface area (Å²) in [5.41, 5.74) is 5.35. The Morgan fingerprint density at radius 2 is 0.859 bits per heavy atom. The fraction of sp³-hybridized carbons (Fsp3) is 0.741. The van der Waals surface area contributed by atoms with Crippen LogP contribution in [-0.2, 0) is 32.7 Å². The first-order valence-corrected chi connectivity index (χ1v) is 27.4. The summed E-state index contributed by atoms with van der Waals surface area (Å²) in [6.07, 6.45) is 62.6. The summed E-state index contributed by atoms with van der Waals surface area (Å²) in [5, 5.41) is 0. The molecule has 0 aromatic carbocycles. The number of nitrogens with two attached hydrogens (primary N) is 1. The molecular weight excluding hydrogens is 822 g/mol.